The highest BCUT2D eigenvalue weighted by Gasteiger charge is 2.35. The molecule has 0 spiro atoms. The van der Waals surface area contributed by atoms with Gasteiger partial charge in [0.25, 0.3) is 0 Å². The molecule has 8 heteroatoms. The predicted molar refractivity (Wildman–Crippen MR) is 77.7 cm³/mol. The summed E-state index contributed by atoms with van der Waals surface area (Å²) in [5.41, 5.74) is -0.143. The lowest BCUT2D eigenvalue weighted by Gasteiger charge is -2.22. The van der Waals surface area contributed by atoms with Gasteiger partial charge < -0.3 is 9.64 Å². The Morgan fingerprint density at radius 2 is 1.82 bits per heavy atom. The van der Waals surface area contributed by atoms with E-state index in [1.165, 1.54) is 18.2 Å². The van der Waals surface area contributed by atoms with Crippen molar-refractivity contribution in [3.63, 3.8) is 0 Å². The molecule has 1 aromatic carbocycles. The molecule has 0 saturated heterocycles. The minimum atomic E-state index is -4.57. The van der Waals surface area contributed by atoms with Crippen LogP contribution in [0.4, 0.5) is 18.9 Å². The molecule has 1 heterocycles. The Morgan fingerprint density at radius 3 is 2.23 bits per heavy atom. The fourth-order valence-electron chi connectivity index (χ4n) is 2.23. The van der Waals surface area contributed by atoms with Crippen LogP contribution in [-0.2, 0) is 15.7 Å². The highest BCUT2D eigenvalue weighted by Crippen LogP contribution is 2.43. The summed E-state index contributed by atoms with van der Waals surface area (Å²) in [5, 5.41) is -0.457. The Balaban J connectivity index is 2.57. The van der Waals surface area contributed by atoms with E-state index in [9.17, 15) is 18.0 Å². The standard InChI is InChI=1S/C14H10Cl2F3NO2/c1-7-5-20(11(6-21)13(7)22-2)12-9(15)3-8(4-10(12)16)14(17,18)19/h3-5,13H,1-2H3. The van der Waals surface area contributed by atoms with Gasteiger partial charge in [-0.25, -0.2) is 4.79 Å². The number of alkyl halides is 3. The van der Waals surface area contributed by atoms with E-state index in [4.69, 9.17) is 27.9 Å². The Bertz CT molecular complexity index is 671. The molecule has 0 radical (unpaired) electrons. The molecule has 0 bridgehead atoms. The first kappa shape index (κ1) is 16.9. The zero-order chi connectivity index (χ0) is 16.7. The number of halogens is 5. The molecule has 3 nitrogen and oxygen atoms in total. The fraction of sp³-hybridized carbons (Fsp3) is 0.286. The third-order valence-electron chi connectivity index (χ3n) is 3.18. The van der Waals surface area contributed by atoms with E-state index in [-0.39, 0.29) is 21.4 Å². The molecular formula is C14H10Cl2F3NO2. The number of hydrogen-bond donors (Lipinski definition) is 0. The molecule has 0 aliphatic carbocycles. The maximum Gasteiger partial charge on any atom is 0.416 e. The molecule has 1 unspecified atom stereocenters. The van der Waals surface area contributed by atoms with Crippen LogP contribution in [0.5, 0.6) is 0 Å². The van der Waals surface area contributed by atoms with Crippen molar-refractivity contribution in [2.24, 2.45) is 0 Å². The van der Waals surface area contributed by atoms with E-state index in [1.54, 1.807) is 12.9 Å². The van der Waals surface area contributed by atoms with Gasteiger partial charge in [-0.15, -0.1) is 0 Å². The molecule has 2 rings (SSSR count). The van der Waals surface area contributed by atoms with Crippen LogP contribution in [0.1, 0.15) is 12.5 Å². The van der Waals surface area contributed by atoms with Gasteiger partial charge in [-0.3, -0.25) is 0 Å². The molecule has 118 valence electrons. The maximum absolute atomic E-state index is 12.7. The Hall–Kier alpha value is -1.46. The summed E-state index contributed by atoms with van der Waals surface area (Å²) < 4.78 is 43.4. The van der Waals surface area contributed by atoms with Crippen molar-refractivity contribution < 1.29 is 22.7 Å². The second-order valence-electron chi connectivity index (χ2n) is 4.63. The molecule has 1 aliphatic rings. The SMILES string of the molecule is COC1C(=C=O)N(c2c(Cl)cc(C(F)(F)F)cc2Cl)C=C1C. The summed E-state index contributed by atoms with van der Waals surface area (Å²) in [5.74, 6) is 1.72. The summed E-state index contributed by atoms with van der Waals surface area (Å²) in [6.45, 7) is 1.71. The number of nitrogens with zero attached hydrogens (tertiary/aromatic N) is 1. The average Bonchev–Trinajstić information content (AvgIpc) is 2.72. The summed E-state index contributed by atoms with van der Waals surface area (Å²) in [7, 11) is 1.40. The minimum absolute atomic E-state index is 0.0727. The van der Waals surface area contributed by atoms with Crippen molar-refractivity contribution in [3.8, 4) is 0 Å². The quantitative estimate of drug-likeness (QED) is 0.736. The zero-order valence-corrected chi connectivity index (χ0v) is 13.0. The first-order valence-electron chi connectivity index (χ1n) is 6.02. The molecule has 0 saturated carbocycles. The first-order valence-corrected chi connectivity index (χ1v) is 6.78. The molecule has 0 N–H and O–H groups in total. The van der Waals surface area contributed by atoms with Crippen molar-refractivity contribution in [1.82, 2.24) is 0 Å². The van der Waals surface area contributed by atoms with Crippen LogP contribution < -0.4 is 4.90 Å². The molecule has 1 aromatic rings. The van der Waals surface area contributed by atoms with E-state index in [0.717, 1.165) is 12.1 Å². The number of carbonyl (C=O) groups excluding carboxylic acids is 1. The van der Waals surface area contributed by atoms with Crippen LogP contribution in [0.3, 0.4) is 0 Å². The van der Waals surface area contributed by atoms with E-state index in [0.29, 0.717) is 5.57 Å². The molecule has 0 amide bonds. The van der Waals surface area contributed by atoms with Gasteiger partial charge in [0.05, 0.1) is 21.3 Å². The molecule has 1 aliphatic heterocycles. The van der Waals surface area contributed by atoms with Gasteiger partial charge in [0.15, 0.2) is 0 Å². The number of benzene rings is 1. The van der Waals surface area contributed by atoms with Crippen molar-refractivity contribution in [3.05, 3.63) is 45.2 Å². The van der Waals surface area contributed by atoms with E-state index < -0.39 is 17.8 Å². The van der Waals surface area contributed by atoms with Crippen molar-refractivity contribution in [2.45, 2.75) is 19.2 Å². The van der Waals surface area contributed by atoms with Gasteiger partial charge in [0, 0.05) is 13.3 Å². The largest absolute Gasteiger partial charge is 0.416 e. The predicted octanol–water partition coefficient (Wildman–Crippen LogP) is 4.47. The molecule has 22 heavy (non-hydrogen) atoms. The Labute approximate surface area is 134 Å². The topological polar surface area (TPSA) is 29.5 Å². The van der Waals surface area contributed by atoms with E-state index in [2.05, 4.69) is 0 Å². The summed E-state index contributed by atoms with van der Waals surface area (Å²) in [4.78, 5) is 12.5. The lowest BCUT2D eigenvalue weighted by atomic mass is 10.1. The second kappa shape index (κ2) is 5.97. The number of methoxy groups -OCH3 is 1. The van der Waals surface area contributed by atoms with Gasteiger partial charge in [-0.05, 0) is 24.6 Å². The third kappa shape index (κ3) is 2.88. The first-order chi connectivity index (χ1) is 10.2. The third-order valence-corrected chi connectivity index (χ3v) is 3.76. The van der Waals surface area contributed by atoms with Gasteiger partial charge in [0.2, 0.25) is 0 Å². The van der Waals surface area contributed by atoms with Crippen LogP contribution in [-0.4, -0.2) is 19.2 Å². The van der Waals surface area contributed by atoms with Crippen LogP contribution >= 0.6 is 23.2 Å². The van der Waals surface area contributed by atoms with Crippen LogP contribution in [0, 0.1) is 0 Å². The van der Waals surface area contributed by atoms with E-state index in [1.807, 2.05) is 0 Å². The normalized spacial score (nSPS) is 18.5. The summed E-state index contributed by atoms with van der Waals surface area (Å²) in [6, 6.07) is 1.52. The lowest BCUT2D eigenvalue weighted by molar-refractivity contribution is -0.137. The number of hydrogen-bond acceptors (Lipinski definition) is 3. The monoisotopic (exact) mass is 351 g/mol. The molecular weight excluding hydrogens is 342 g/mol. The summed E-state index contributed by atoms with van der Waals surface area (Å²) >= 11 is 11.9. The molecule has 1 atom stereocenters. The second-order valence-corrected chi connectivity index (χ2v) is 5.45. The average molecular weight is 352 g/mol. The number of anilines is 1. The van der Waals surface area contributed by atoms with Gasteiger partial charge >= 0.3 is 6.18 Å². The van der Waals surface area contributed by atoms with Gasteiger partial charge in [-0.1, -0.05) is 23.2 Å². The van der Waals surface area contributed by atoms with Gasteiger partial charge in [0.1, 0.15) is 17.7 Å². The summed E-state index contributed by atoms with van der Waals surface area (Å²) in [6.07, 6.45) is -3.69. The van der Waals surface area contributed by atoms with Crippen LogP contribution in [0.2, 0.25) is 10.0 Å². The number of rotatable bonds is 2. The van der Waals surface area contributed by atoms with Crippen molar-refractivity contribution in [2.75, 3.05) is 12.0 Å². The highest BCUT2D eigenvalue weighted by atomic mass is 35.5. The Morgan fingerprint density at radius 1 is 1.27 bits per heavy atom. The zero-order valence-electron chi connectivity index (χ0n) is 11.5. The Kier molecular flexibility index (Phi) is 4.59. The minimum Gasteiger partial charge on any atom is -0.370 e. The van der Waals surface area contributed by atoms with E-state index >= 15 is 0 Å². The van der Waals surface area contributed by atoms with Gasteiger partial charge in [-0.2, -0.15) is 13.2 Å². The molecule has 0 aromatic heterocycles. The van der Waals surface area contributed by atoms with Crippen LogP contribution in [0.15, 0.2) is 29.6 Å². The fourth-order valence-corrected chi connectivity index (χ4v) is 2.90. The van der Waals surface area contributed by atoms with Crippen LogP contribution in [0.25, 0.3) is 0 Å². The van der Waals surface area contributed by atoms with Crippen molar-refractivity contribution in [1.29, 1.82) is 0 Å². The maximum atomic E-state index is 12.7. The lowest BCUT2D eigenvalue weighted by Crippen LogP contribution is -2.21. The van der Waals surface area contributed by atoms with Crippen molar-refractivity contribution >= 4 is 34.8 Å². The smallest absolute Gasteiger partial charge is 0.370 e. The number of ether oxygens (including phenoxy) is 1. The molecule has 0 fully saturated rings. The highest BCUT2D eigenvalue weighted by molar-refractivity contribution is 6.39.